The number of aromatic amines is 1. The van der Waals surface area contributed by atoms with Gasteiger partial charge in [-0.2, -0.15) is 0 Å². The van der Waals surface area contributed by atoms with Gasteiger partial charge >= 0.3 is 0 Å². The molecule has 10 heteroatoms. The molecule has 0 bridgehead atoms. The van der Waals surface area contributed by atoms with Crippen molar-refractivity contribution in [2.75, 3.05) is 12.4 Å². The quantitative estimate of drug-likeness (QED) is 0.327. The topological polar surface area (TPSA) is 92.8 Å². The van der Waals surface area contributed by atoms with E-state index in [0.717, 1.165) is 50.3 Å². The van der Waals surface area contributed by atoms with E-state index in [1.165, 1.54) is 21.8 Å². The maximum absolute atomic E-state index is 12.9. The predicted molar refractivity (Wildman–Crippen MR) is 136 cm³/mol. The predicted octanol–water partition coefficient (Wildman–Crippen LogP) is 5.43. The SMILES string of the molecule is COc1ccc(CNc2nnc(SC(C)c3nc4sc5c(c4c(=O)[nH]3)CCC(C)C5)s2)cc1. The van der Waals surface area contributed by atoms with Gasteiger partial charge in [0.25, 0.3) is 5.56 Å². The average molecular weight is 500 g/mol. The molecule has 2 N–H and O–H groups in total. The van der Waals surface area contributed by atoms with Crippen LogP contribution in [0.1, 0.15) is 47.3 Å². The normalized spacial score (nSPS) is 16.5. The molecule has 0 spiro atoms. The summed E-state index contributed by atoms with van der Waals surface area (Å²) < 4.78 is 6.03. The zero-order valence-electron chi connectivity index (χ0n) is 18.7. The van der Waals surface area contributed by atoms with Crippen LogP contribution in [-0.4, -0.2) is 27.3 Å². The number of aromatic nitrogens is 4. The van der Waals surface area contributed by atoms with Gasteiger partial charge in [0.15, 0.2) is 4.34 Å². The second kappa shape index (κ2) is 9.44. The minimum absolute atomic E-state index is 0.0198. The molecule has 5 rings (SSSR count). The van der Waals surface area contributed by atoms with Gasteiger partial charge in [0.05, 0.1) is 17.7 Å². The second-order valence-corrected chi connectivity index (χ2v) is 12.0. The Hall–Kier alpha value is -2.43. The van der Waals surface area contributed by atoms with Crippen LogP contribution in [0.5, 0.6) is 5.75 Å². The fourth-order valence-corrected chi connectivity index (χ4v) is 7.35. The van der Waals surface area contributed by atoms with E-state index in [9.17, 15) is 4.79 Å². The first kappa shape index (κ1) is 22.4. The van der Waals surface area contributed by atoms with Gasteiger partial charge in [-0.15, -0.1) is 21.5 Å². The van der Waals surface area contributed by atoms with Gasteiger partial charge in [-0.05, 0) is 55.4 Å². The Kier molecular flexibility index (Phi) is 6.40. The lowest BCUT2D eigenvalue weighted by Gasteiger charge is -2.17. The molecule has 3 aromatic heterocycles. The van der Waals surface area contributed by atoms with Crippen LogP contribution in [0, 0.1) is 5.92 Å². The molecule has 0 radical (unpaired) electrons. The van der Waals surface area contributed by atoms with Crippen molar-refractivity contribution in [2.45, 2.75) is 49.2 Å². The number of thioether (sulfide) groups is 1. The molecule has 3 heterocycles. The summed E-state index contributed by atoms with van der Waals surface area (Å²) in [4.78, 5) is 22.9. The molecule has 0 amide bonds. The number of benzene rings is 1. The minimum Gasteiger partial charge on any atom is -0.497 e. The molecule has 7 nitrogen and oxygen atoms in total. The molecule has 2 atom stereocenters. The molecular weight excluding hydrogens is 474 g/mol. The molecule has 1 aliphatic carbocycles. The Bertz CT molecular complexity index is 1330. The van der Waals surface area contributed by atoms with Crippen LogP contribution in [0.2, 0.25) is 0 Å². The Balaban J connectivity index is 1.27. The number of hydrogen-bond acceptors (Lipinski definition) is 9. The van der Waals surface area contributed by atoms with E-state index >= 15 is 0 Å². The highest BCUT2D eigenvalue weighted by Gasteiger charge is 2.24. The number of aryl methyl sites for hydroxylation is 1. The zero-order valence-corrected chi connectivity index (χ0v) is 21.1. The molecule has 1 aliphatic rings. The zero-order chi connectivity index (χ0) is 22.9. The van der Waals surface area contributed by atoms with Gasteiger partial charge in [-0.1, -0.05) is 42.2 Å². The van der Waals surface area contributed by atoms with Crippen LogP contribution in [-0.2, 0) is 19.4 Å². The highest BCUT2D eigenvalue weighted by molar-refractivity contribution is 8.01. The van der Waals surface area contributed by atoms with Gasteiger partial charge in [0, 0.05) is 11.4 Å². The largest absolute Gasteiger partial charge is 0.497 e. The Morgan fingerprint density at radius 1 is 1.27 bits per heavy atom. The van der Waals surface area contributed by atoms with Crippen LogP contribution < -0.4 is 15.6 Å². The number of hydrogen-bond donors (Lipinski definition) is 2. The van der Waals surface area contributed by atoms with Gasteiger partial charge in [-0.25, -0.2) is 4.98 Å². The summed E-state index contributed by atoms with van der Waals surface area (Å²) in [6.45, 7) is 4.97. The molecule has 0 fully saturated rings. The lowest BCUT2D eigenvalue weighted by Crippen LogP contribution is -2.15. The summed E-state index contributed by atoms with van der Waals surface area (Å²) >= 11 is 4.74. The van der Waals surface area contributed by atoms with E-state index in [1.807, 2.05) is 31.2 Å². The summed E-state index contributed by atoms with van der Waals surface area (Å²) in [5, 5.41) is 13.4. The number of methoxy groups -OCH3 is 1. The molecule has 2 unspecified atom stereocenters. The molecular formula is C23H25N5O2S3. The van der Waals surface area contributed by atoms with Gasteiger partial charge in [0.1, 0.15) is 16.4 Å². The third-order valence-corrected chi connectivity index (χ3v) is 9.08. The van der Waals surface area contributed by atoms with Crippen LogP contribution in [0.25, 0.3) is 10.2 Å². The van der Waals surface area contributed by atoms with E-state index in [-0.39, 0.29) is 10.8 Å². The molecule has 0 saturated carbocycles. The Labute approximate surface area is 204 Å². The highest BCUT2D eigenvalue weighted by Crippen LogP contribution is 2.39. The lowest BCUT2D eigenvalue weighted by atomic mass is 9.89. The summed E-state index contributed by atoms with van der Waals surface area (Å²) in [5.41, 5.74) is 2.33. The number of rotatable bonds is 7. The summed E-state index contributed by atoms with van der Waals surface area (Å²) in [7, 11) is 1.66. The Morgan fingerprint density at radius 3 is 2.88 bits per heavy atom. The number of nitrogens with one attached hydrogen (secondary N) is 2. The van der Waals surface area contributed by atoms with Crippen LogP contribution >= 0.6 is 34.4 Å². The highest BCUT2D eigenvalue weighted by atomic mass is 32.2. The van der Waals surface area contributed by atoms with Crippen molar-refractivity contribution in [1.29, 1.82) is 0 Å². The summed E-state index contributed by atoms with van der Waals surface area (Å²) in [6, 6.07) is 7.92. The van der Waals surface area contributed by atoms with Crippen molar-refractivity contribution < 1.29 is 4.74 Å². The van der Waals surface area contributed by atoms with Crippen LogP contribution in [0.15, 0.2) is 33.4 Å². The van der Waals surface area contributed by atoms with E-state index < -0.39 is 0 Å². The third kappa shape index (κ3) is 4.78. The van der Waals surface area contributed by atoms with E-state index in [0.29, 0.717) is 18.3 Å². The van der Waals surface area contributed by atoms with Crippen LogP contribution in [0.3, 0.4) is 0 Å². The fraction of sp³-hybridized carbons (Fsp3) is 0.391. The van der Waals surface area contributed by atoms with Crippen molar-refractivity contribution in [3.05, 3.63) is 56.4 Å². The number of fused-ring (bicyclic) bond motifs is 3. The molecule has 1 aromatic carbocycles. The van der Waals surface area contributed by atoms with Gasteiger partial charge in [0.2, 0.25) is 5.13 Å². The molecule has 172 valence electrons. The number of nitrogens with zero attached hydrogens (tertiary/aromatic N) is 3. The number of ether oxygens (including phenoxy) is 1. The monoisotopic (exact) mass is 499 g/mol. The van der Waals surface area contributed by atoms with Gasteiger partial charge in [-0.3, -0.25) is 4.79 Å². The van der Waals surface area contributed by atoms with E-state index in [1.54, 1.807) is 30.2 Å². The van der Waals surface area contributed by atoms with Crippen molar-refractivity contribution >= 4 is 49.8 Å². The first-order valence-electron chi connectivity index (χ1n) is 10.9. The van der Waals surface area contributed by atoms with Gasteiger partial charge < -0.3 is 15.0 Å². The van der Waals surface area contributed by atoms with E-state index in [2.05, 4.69) is 27.4 Å². The first-order chi connectivity index (χ1) is 16.0. The molecule has 0 saturated heterocycles. The third-order valence-electron chi connectivity index (χ3n) is 5.86. The number of anilines is 1. The van der Waals surface area contributed by atoms with Crippen molar-refractivity contribution in [1.82, 2.24) is 20.2 Å². The Morgan fingerprint density at radius 2 is 2.09 bits per heavy atom. The molecule has 33 heavy (non-hydrogen) atoms. The minimum atomic E-state index is -0.0393. The smallest absolute Gasteiger partial charge is 0.259 e. The second-order valence-electron chi connectivity index (χ2n) is 8.32. The number of thiophene rings is 1. The maximum Gasteiger partial charge on any atom is 0.259 e. The lowest BCUT2D eigenvalue weighted by molar-refractivity contribution is 0.414. The average Bonchev–Trinajstić information content (AvgIpc) is 3.41. The standard InChI is InChI=1S/C23H25N5O2S3/c1-12-4-9-16-17(10-12)32-21-18(16)20(29)25-19(26-21)13(2)31-23-28-27-22(33-23)24-11-14-5-7-15(30-3)8-6-14/h5-8,12-13H,4,9-11H2,1-3H3,(H,24,27)(H,25,26,29). The summed E-state index contributed by atoms with van der Waals surface area (Å²) in [6.07, 6.45) is 3.16. The fourth-order valence-electron chi connectivity index (χ4n) is 4.01. The van der Waals surface area contributed by atoms with E-state index in [4.69, 9.17) is 9.72 Å². The maximum atomic E-state index is 12.9. The summed E-state index contributed by atoms with van der Waals surface area (Å²) in [5.74, 6) is 2.19. The molecule has 4 aromatic rings. The van der Waals surface area contributed by atoms with Crippen molar-refractivity contribution in [3.63, 3.8) is 0 Å². The van der Waals surface area contributed by atoms with Crippen molar-refractivity contribution in [3.8, 4) is 5.75 Å². The molecule has 0 aliphatic heterocycles. The number of H-pyrrole nitrogens is 1. The van der Waals surface area contributed by atoms with Crippen LogP contribution in [0.4, 0.5) is 5.13 Å². The first-order valence-corrected chi connectivity index (χ1v) is 13.4. The van der Waals surface area contributed by atoms with Crippen molar-refractivity contribution in [2.24, 2.45) is 5.92 Å².